The summed E-state index contributed by atoms with van der Waals surface area (Å²) in [6, 6.07) is 10.5. The molecule has 1 atom stereocenters. The second kappa shape index (κ2) is 7.67. The summed E-state index contributed by atoms with van der Waals surface area (Å²) in [6.45, 7) is 3.84. The number of benzene rings is 1. The van der Waals surface area contributed by atoms with E-state index >= 15 is 0 Å². The minimum Gasteiger partial charge on any atom is -0.465 e. The number of ether oxygens (including phenoxy) is 1. The van der Waals surface area contributed by atoms with Crippen LogP contribution in [-0.2, 0) is 4.74 Å². The molecule has 0 spiro atoms. The molecule has 6 N–H and O–H groups in total. The molecule has 0 amide bonds. The maximum Gasteiger partial charge on any atom is 0.337 e. The maximum atomic E-state index is 11.5. The van der Waals surface area contributed by atoms with Gasteiger partial charge in [0.25, 0.3) is 0 Å². The van der Waals surface area contributed by atoms with E-state index in [9.17, 15) is 4.79 Å². The average Bonchev–Trinajstić information content (AvgIpc) is 2.59. The molecule has 0 saturated carbocycles. The number of nitrogens with two attached hydrogens (primary N) is 3. The van der Waals surface area contributed by atoms with Crippen LogP contribution in [0.5, 0.6) is 0 Å². The molecular formula is C18H23N5O2. The summed E-state index contributed by atoms with van der Waals surface area (Å²) in [6.07, 6.45) is 1.61. The number of aromatic nitrogens is 1. The number of hydrazine groups is 1. The van der Waals surface area contributed by atoms with Crippen LogP contribution in [0.4, 0.5) is 5.82 Å². The molecule has 132 valence electrons. The minimum atomic E-state index is -0.379. The number of anilines is 1. The van der Waals surface area contributed by atoms with E-state index < -0.39 is 0 Å². The number of hydrogen-bond acceptors (Lipinski definition) is 7. The lowest BCUT2D eigenvalue weighted by molar-refractivity contribution is 0.0600. The zero-order valence-corrected chi connectivity index (χ0v) is 14.6. The number of carbonyl (C=O) groups is 1. The molecule has 1 heterocycles. The van der Waals surface area contributed by atoms with Gasteiger partial charge in [-0.2, -0.15) is 0 Å². The second-order valence-corrected chi connectivity index (χ2v) is 5.78. The van der Waals surface area contributed by atoms with Crippen molar-refractivity contribution in [3.05, 3.63) is 65.0 Å². The second-order valence-electron chi connectivity index (χ2n) is 5.78. The van der Waals surface area contributed by atoms with Crippen LogP contribution in [0, 0.1) is 6.92 Å². The highest BCUT2D eigenvalue weighted by atomic mass is 16.5. The van der Waals surface area contributed by atoms with Gasteiger partial charge in [-0.1, -0.05) is 12.1 Å². The van der Waals surface area contributed by atoms with Gasteiger partial charge >= 0.3 is 5.97 Å². The molecule has 7 nitrogen and oxygen atoms in total. The van der Waals surface area contributed by atoms with Crippen LogP contribution >= 0.6 is 0 Å². The van der Waals surface area contributed by atoms with Crippen LogP contribution in [0.15, 0.2) is 42.6 Å². The van der Waals surface area contributed by atoms with Crippen LogP contribution in [-0.4, -0.2) is 23.1 Å². The number of esters is 1. The highest BCUT2D eigenvalue weighted by Gasteiger charge is 2.13. The van der Waals surface area contributed by atoms with E-state index in [-0.39, 0.29) is 12.0 Å². The molecule has 0 aliphatic rings. The zero-order chi connectivity index (χ0) is 18.6. The Balaban J connectivity index is 2.18. The normalized spacial score (nSPS) is 12.6. The molecule has 0 aliphatic heterocycles. The van der Waals surface area contributed by atoms with Crippen molar-refractivity contribution in [1.82, 2.24) is 9.99 Å². The summed E-state index contributed by atoms with van der Waals surface area (Å²) in [5.74, 6) is 6.14. The predicted molar refractivity (Wildman–Crippen MR) is 97.8 cm³/mol. The van der Waals surface area contributed by atoms with Crippen molar-refractivity contribution in [3.63, 3.8) is 0 Å². The maximum absolute atomic E-state index is 11.5. The average molecular weight is 341 g/mol. The summed E-state index contributed by atoms with van der Waals surface area (Å²) in [5.41, 5.74) is 15.2. The predicted octanol–water partition coefficient (Wildman–Crippen LogP) is 1.95. The summed E-state index contributed by atoms with van der Waals surface area (Å²) in [5, 5.41) is 1.49. The molecule has 1 aromatic heterocycles. The summed E-state index contributed by atoms with van der Waals surface area (Å²) in [7, 11) is 1.35. The van der Waals surface area contributed by atoms with Crippen molar-refractivity contribution >= 4 is 17.5 Å². The van der Waals surface area contributed by atoms with Crippen molar-refractivity contribution in [2.45, 2.75) is 19.9 Å². The molecule has 0 fully saturated rings. The first kappa shape index (κ1) is 18.3. The van der Waals surface area contributed by atoms with E-state index in [2.05, 4.69) is 9.72 Å². The van der Waals surface area contributed by atoms with Gasteiger partial charge in [-0.25, -0.2) is 15.6 Å². The SMILES string of the molecule is COC(=O)c1ccc(C(C)N(N)/C=C(\N)c2cc(C)cc(N)n2)cc1. The molecule has 1 unspecified atom stereocenters. The third-order valence-corrected chi connectivity index (χ3v) is 3.83. The van der Waals surface area contributed by atoms with Gasteiger partial charge in [0.15, 0.2) is 0 Å². The summed E-state index contributed by atoms with van der Waals surface area (Å²) >= 11 is 0. The fourth-order valence-electron chi connectivity index (χ4n) is 2.37. The van der Waals surface area contributed by atoms with Gasteiger partial charge in [-0.15, -0.1) is 0 Å². The number of hydrogen-bond donors (Lipinski definition) is 3. The van der Waals surface area contributed by atoms with Crippen molar-refractivity contribution in [2.24, 2.45) is 11.6 Å². The van der Waals surface area contributed by atoms with E-state index in [1.54, 1.807) is 24.4 Å². The van der Waals surface area contributed by atoms with Gasteiger partial charge in [0.1, 0.15) is 5.82 Å². The van der Waals surface area contributed by atoms with E-state index in [0.29, 0.717) is 22.8 Å². The molecule has 2 rings (SSSR count). The van der Waals surface area contributed by atoms with E-state index in [1.165, 1.54) is 12.1 Å². The Morgan fingerprint density at radius 3 is 2.48 bits per heavy atom. The topological polar surface area (TPSA) is 120 Å². The van der Waals surface area contributed by atoms with Gasteiger partial charge in [0.2, 0.25) is 0 Å². The monoisotopic (exact) mass is 341 g/mol. The Bertz CT molecular complexity index is 766. The molecule has 25 heavy (non-hydrogen) atoms. The standard InChI is InChI=1S/C18H23N5O2/c1-11-8-16(22-17(20)9-11)15(19)10-23(21)12(2)13-4-6-14(7-5-13)18(24)25-3/h4-10,12H,19,21H2,1-3H3,(H2,20,22)/b15-10-. The number of pyridine rings is 1. The number of rotatable bonds is 5. The van der Waals surface area contributed by atoms with E-state index in [4.69, 9.17) is 17.3 Å². The Kier molecular flexibility index (Phi) is 5.61. The zero-order valence-electron chi connectivity index (χ0n) is 14.6. The summed E-state index contributed by atoms with van der Waals surface area (Å²) in [4.78, 5) is 15.7. The minimum absolute atomic E-state index is 0.160. The lowest BCUT2D eigenvalue weighted by atomic mass is 10.1. The van der Waals surface area contributed by atoms with Crippen LogP contribution in [0.2, 0.25) is 0 Å². The fraction of sp³-hybridized carbons (Fsp3) is 0.222. The van der Waals surface area contributed by atoms with Crippen LogP contribution in [0.3, 0.4) is 0 Å². The van der Waals surface area contributed by atoms with Crippen molar-refractivity contribution < 1.29 is 9.53 Å². The lowest BCUT2D eigenvalue weighted by Crippen LogP contribution is -2.29. The quantitative estimate of drug-likeness (QED) is 0.432. The van der Waals surface area contributed by atoms with Crippen LogP contribution < -0.4 is 17.3 Å². The van der Waals surface area contributed by atoms with Crippen LogP contribution in [0.1, 0.15) is 40.1 Å². The highest BCUT2D eigenvalue weighted by Crippen LogP contribution is 2.20. The van der Waals surface area contributed by atoms with Gasteiger partial charge < -0.3 is 21.2 Å². The lowest BCUT2D eigenvalue weighted by Gasteiger charge is -2.23. The van der Waals surface area contributed by atoms with Crippen LogP contribution in [0.25, 0.3) is 5.70 Å². The molecule has 1 aromatic carbocycles. The Morgan fingerprint density at radius 1 is 1.28 bits per heavy atom. The van der Waals surface area contributed by atoms with Crippen molar-refractivity contribution in [3.8, 4) is 0 Å². The number of nitrogen functional groups attached to an aromatic ring is 1. The molecular weight excluding hydrogens is 318 g/mol. The number of nitrogens with zero attached hydrogens (tertiary/aromatic N) is 2. The van der Waals surface area contributed by atoms with Gasteiger partial charge in [0.05, 0.1) is 30.1 Å². The van der Waals surface area contributed by atoms with Gasteiger partial charge in [-0.3, -0.25) is 0 Å². The first-order valence-electron chi connectivity index (χ1n) is 7.75. The molecule has 0 saturated heterocycles. The third kappa shape index (κ3) is 4.48. The first-order chi connectivity index (χ1) is 11.8. The fourth-order valence-corrected chi connectivity index (χ4v) is 2.37. The molecule has 2 aromatic rings. The molecule has 0 radical (unpaired) electrons. The highest BCUT2D eigenvalue weighted by molar-refractivity contribution is 5.89. The number of carbonyl (C=O) groups excluding carboxylic acids is 1. The van der Waals surface area contributed by atoms with Crippen molar-refractivity contribution in [1.29, 1.82) is 0 Å². The number of methoxy groups -OCH3 is 1. The molecule has 0 bridgehead atoms. The Morgan fingerprint density at radius 2 is 1.92 bits per heavy atom. The van der Waals surface area contributed by atoms with E-state index in [0.717, 1.165) is 11.1 Å². The number of aryl methyl sites for hydroxylation is 1. The largest absolute Gasteiger partial charge is 0.465 e. The van der Waals surface area contributed by atoms with E-state index in [1.807, 2.05) is 32.0 Å². The third-order valence-electron chi connectivity index (χ3n) is 3.83. The first-order valence-corrected chi connectivity index (χ1v) is 7.75. The Hall–Kier alpha value is -3.06. The molecule has 7 heteroatoms. The van der Waals surface area contributed by atoms with Crippen molar-refractivity contribution in [2.75, 3.05) is 12.8 Å². The summed E-state index contributed by atoms with van der Waals surface area (Å²) < 4.78 is 4.69. The van der Waals surface area contributed by atoms with Gasteiger partial charge in [0, 0.05) is 6.20 Å². The molecule has 0 aliphatic carbocycles. The smallest absolute Gasteiger partial charge is 0.337 e. The Labute approximate surface area is 147 Å². The van der Waals surface area contributed by atoms with Gasteiger partial charge in [-0.05, 0) is 49.2 Å².